The van der Waals surface area contributed by atoms with Gasteiger partial charge in [0.2, 0.25) is 0 Å². The van der Waals surface area contributed by atoms with Crippen molar-refractivity contribution in [1.82, 2.24) is 0 Å². The first-order chi connectivity index (χ1) is 6.14. The normalized spacial score (nSPS) is 27.5. The second-order valence-corrected chi connectivity index (χ2v) is 3.44. The first-order valence-electron chi connectivity index (χ1n) is 4.48. The summed E-state index contributed by atoms with van der Waals surface area (Å²) in [6.07, 6.45) is 3.10. The van der Waals surface area contributed by atoms with E-state index in [2.05, 4.69) is 6.58 Å². The number of esters is 1. The Balaban J connectivity index is 2.73. The molecule has 1 unspecified atom stereocenters. The lowest BCUT2D eigenvalue weighted by Gasteiger charge is -2.20. The van der Waals surface area contributed by atoms with Crippen LogP contribution in [0.4, 0.5) is 0 Å². The highest BCUT2D eigenvalue weighted by molar-refractivity contribution is 5.81. The fraction of sp³-hybridized carbons (Fsp3) is 0.600. The molecule has 0 amide bonds. The molecule has 0 aliphatic carbocycles. The number of carbonyl (C=O) groups excluding carboxylic acids is 2. The second-order valence-electron chi connectivity index (χ2n) is 3.44. The highest BCUT2D eigenvalue weighted by Gasteiger charge is 2.44. The Morgan fingerprint density at radius 1 is 1.69 bits per heavy atom. The van der Waals surface area contributed by atoms with Crippen LogP contribution in [0.1, 0.15) is 32.6 Å². The molecule has 1 aliphatic rings. The molecule has 0 bridgehead atoms. The van der Waals surface area contributed by atoms with E-state index < -0.39 is 5.41 Å². The SMILES string of the molecule is C=C1CC(CC)(CCC=O)C(=O)O1. The highest BCUT2D eigenvalue weighted by Crippen LogP contribution is 2.42. The van der Waals surface area contributed by atoms with Crippen molar-refractivity contribution in [2.24, 2.45) is 5.41 Å². The van der Waals surface area contributed by atoms with Gasteiger partial charge in [0, 0.05) is 12.8 Å². The van der Waals surface area contributed by atoms with E-state index in [1.54, 1.807) is 0 Å². The predicted molar refractivity (Wildman–Crippen MR) is 47.9 cm³/mol. The summed E-state index contributed by atoms with van der Waals surface area (Å²) >= 11 is 0. The van der Waals surface area contributed by atoms with Gasteiger partial charge in [-0.05, 0) is 12.8 Å². The molecule has 1 saturated heterocycles. The van der Waals surface area contributed by atoms with Gasteiger partial charge in [0.05, 0.1) is 5.41 Å². The van der Waals surface area contributed by atoms with Gasteiger partial charge in [-0.2, -0.15) is 0 Å². The van der Waals surface area contributed by atoms with Crippen molar-refractivity contribution in [1.29, 1.82) is 0 Å². The summed E-state index contributed by atoms with van der Waals surface area (Å²) in [7, 11) is 0. The van der Waals surface area contributed by atoms with E-state index in [0.29, 0.717) is 31.4 Å². The molecular formula is C10H14O3. The van der Waals surface area contributed by atoms with Gasteiger partial charge < -0.3 is 9.53 Å². The molecule has 0 N–H and O–H groups in total. The first kappa shape index (κ1) is 9.96. The fourth-order valence-corrected chi connectivity index (χ4v) is 1.70. The number of rotatable bonds is 4. The van der Waals surface area contributed by atoms with E-state index >= 15 is 0 Å². The minimum absolute atomic E-state index is 0.221. The van der Waals surface area contributed by atoms with Gasteiger partial charge in [0.15, 0.2) is 0 Å². The molecule has 13 heavy (non-hydrogen) atoms. The molecule has 1 fully saturated rings. The molecule has 0 aromatic heterocycles. The van der Waals surface area contributed by atoms with Crippen molar-refractivity contribution >= 4 is 12.3 Å². The van der Waals surface area contributed by atoms with Crippen molar-refractivity contribution < 1.29 is 14.3 Å². The van der Waals surface area contributed by atoms with Gasteiger partial charge in [-0.1, -0.05) is 13.5 Å². The Morgan fingerprint density at radius 3 is 2.77 bits per heavy atom. The van der Waals surface area contributed by atoms with Crippen LogP contribution in [-0.2, 0) is 14.3 Å². The van der Waals surface area contributed by atoms with Crippen LogP contribution >= 0.6 is 0 Å². The van der Waals surface area contributed by atoms with Crippen LogP contribution in [0.2, 0.25) is 0 Å². The number of allylic oxidation sites excluding steroid dienone is 1. The van der Waals surface area contributed by atoms with Gasteiger partial charge in [-0.25, -0.2) is 0 Å². The lowest BCUT2D eigenvalue weighted by atomic mass is 9.79. The minimum Gasteiger partial charge on any atom is -0.431 e. The predicted octanol–water partition coefficient (Wildman–Crippen LogP) is 1.82. The quantitative estimate of drug-likeness (QED) is 0.492. The Labute approximate surface area is 77.8 Å². The molecule has 72 valence electrons. The Kier molecular flexibility index (Phi) is 2.86. The monoisotopic (exact) mass is 182 g/mol. The van der Waals surface area contributed by atoms with Gasteiger partial charge in [-0.15, -0.1) is 0 Å². The first-order valence-corrected chi connectivity index (χ1v) is 4.48. The van der Waals surface area contributed by atoms with E-state index in [0.717, 1.165) is 6.29 Å². The molecule has 0 radical (unpaired) electrons. The number of hydrogen-bond donors (Lipinski definition) is 0. The van der Waals surface area contributed by atoms with Gasteiger partial charge in [0.25, 0.3) is 0 Å². The maximum Gasteiger partial charge on any atom is 0.317 e. The Morgan fingerprint density at radius 2 is 2.38 bits per heavy atom. The third-order valence-electron chi connectivity index (χ3n) is 2.62. The lowest BCUT2D eigenvalue weighted by molar-refractivity contribution is -0.145. The van der Waals surface area contributed by atoms with Crippen molar-refractivity contribution in [2.45, 2.75) is 32.6 Å². The average molecular weight is 182 g/mol. The van der Waals surface area contributed by atoms with Crippen LogP contribution in [0.25, 0.3) is 0 Å². The molecule has 3 nitrogen and oxygen atoms in total. The molecule has 0 saturated carbocycles. The summed E-state index contributed by atoms with van der Waals surface area (Å²) in [6, 6.07) is 0. The fourth-order valence-electron chi connectivity index (χ4n) is 1.70. The van der Waals surface area contributed by atoms with Crippen molar-refractivity contribution in [3.63, 3.8) is 0 Å². The maximum atomic E-state index is 11.4. The van der Waals surface area contributed by atoms with Crippen molar-refractivity contribution in [2.75, 3.05) is 0 Å². The Bertz CT molecular complexity index is 245. The van der Waals surface area contributed by atoms with Crippen LogP contribution in [0, 0.1) is 5.41 Å². The van der Waals surface area contributed by atoms with Gasteiger partial charge in [0.1, 0.15) is 12.0 Å². The van der Waals surface area contributed by atoms with E-state index in [1.165, 1.54) is 0 Å². The molecule has 0 aromatic carbocycles. The van der Waals surface area contributed by atoms with E-state index in [4.69, 9.17) is 4.74 Å². The number of cyclic esters (lactones) is 1. The topological polar surface area (TPSA) is 43.4 Å². The zero-order valence-electron chi connectivity index (χ0n) is 7.84. The van der Waals surface area contributed by atoms with Crippen LogP contribution in [0.3, 0.4) is 0 Å². The van der Waals surface area contributed by atoms with E-state index in [-0.39, 0.29) is 5.97 Å². The summed E-state index contributed by atoms with van der Waals surface area (Å²) in [5, 5.41) is 0. The zero-order chi connectivity index (χ0) is 9.90. The number of ether oxygens (including phenoxy) is 1. The summed E-state index contributed by atoms with van der Waals surface area (Å²) in [5.74, 6) is 0.305. The molecule has 1 aliphatic heterocycles. The van der Waals surface area contributed by atoms with Crippen LogP contribution in [0.15, 0.2) is 12.3 Å². The van der Waals surface area contributed by atoms with Crippen molar-refractivity contribution in [3.05, 3.63) is 12.3 Å². The Hall–Kier alpha value is -1.12. The molecule has 1 atom stereocenters. The molecule has 0 spiro atoms. The smallest absolute Gasteiger partial charge is 0.317 e. The zero-order valence-corrected chi connectivity index (χ0v) is 7.84. The van der Waals surface area contributed by atoms with Gasteiger partial charge in [-0.3, -0.25) is 4.79 Å². The highest BCUT2D eigenvalue weighted by atomic mass is 16.5. The van der Waals surface area contributed by atoms with Gasteiger partial charge >= 0.3 is 5.97 Å². The number of hydrogen-bond acceptors (Lipinski definition) is 3. The second kappa shape index (κ2) is 3.73. The third kappa shape index (κ3) is 1.79. The minimum atomic E-state index is -0.474. The summed E-state index contributed by atoms with van der Waals surface area (Å²) < 4.78 is 4.92. The van der Waals surface area contributed by atoms with Crippen LogP contribution in [-0.4, -0.2) is 12.3 Å². The summed E-state index contributed by atoms with van der Waals surface area (Å²) in [4.78, 5) is 21.7. The maximum absolute atomic E-state index is 11.4. The average Bonchev–Trinajstić information content (AvgIpc) is 2.38. The van der Waals surface area contributed by atoms with E-state index in [9.17, 15) is 9.59 Å². The van der Waals surface area contributed by atoms with E-state index in [1.807, 2.05) is 6.92 Å². The standard InChI is InChI=1S/C10H14O3/c1-3-10(5-4-6-11)7-8(2)13-9(10)12/h6H,2-5,7H2,1H3. The number of carbonyl (C=O) groups is 2. The summed E-state index contributed by atoms with van der Waals surface area (Å²) in [6.45, 7) is 5.56. The molecule has 1 heterocycles. The summed E-state index contributed by atoms with van der Waals surface area (Å²) in [5.41, 5.74) is -0.474. The number of aldehydes is 1. The van der Waals surface area contributed by atoms with Crippen LogP contribution < -0.4 is 0 Å². The van der Waals surface area contributed by atoms with Crippen LogP contribution in [0.5, 0.6) is 0 Å². The third-order valence-corrected chi connectivity index (χ3v) is 2.62. The lowest BCUT2D eigenvalue weighted by Crippen LogP contribution is -2.25. The molecule has 1 rings (SSSR count). The van der Waals surface area contributed by atoms with Crippen molar-refractivity contribution in [3.8, 4) is 0 Å². The molecule has 0 aromatic rings. The molecule has 3 heteroatoms. The molecular weight excluding hydrogens is 168 g/mol. The largest absolute Gasteiger partial charge is 0.431 e.